The Hall–Kier alpha value is -2.22. The molecule has 0 unspecified atom stereocenters. The average molecular weight is 347 g/mol. The molecule has 2 aromatic carbocycles. The minimum atomic E-state index is -3.28. The first-order chi connectivity index (χ1) is 11.4. The lowest BCUT2D eigenvalue weighted by Gasteiger charge is -2.08. The highest BCUT2D eigenvalue weighted by atomic mass is 32.2. The SMILES string of the molecule is CNS(=O)(=O)Cc1ccc(CNC(=O)c2cccc(CN)c2)cc1. The molecule has 0 heterocycles. The van der Waals surface area contributed by atoms with Crippen LogP contribution in [0.1, 0.15) is 27.0 Å². The van der Waals surface area contributed by atoms with Crippen LogP contribution in [0, 0.1) is 0 Å². The highest BCUT2D eigenvalue weighted by Gasteiger charge is 2.09. The van der Waals surface area contributed by atoms with Crippen molar-refractivity contribution in [1.29, 1.82) is 0 Å². The van der Waals surface area contributed by atoms with E-state index in [9.17, 15) is 13.2 Å². The number of amides is 1. The first-order valence-corrected chi connectivity index (χ1v) is 9.15. The minimum Gasteiger partial charge on any atom is -0.348 e. The van der Waals surface area contributed by atoms with Gasteiger partial charge in [-0.2, -0.15) is 0 Å². The fourth-order valence-electron chi connectivity index (χ4n) is 2.17. The van der Waals surface area contributed by atoms with Gasteiger partial charge in [0.15, 0.2) is 0 Å². The number of nitrogens with one attached hydrogen (secondary N) is 2. The summed E-state index contributed by atoms with van der Waals surface area (Å²) in [6, 6.07) is 14.3. The molecule has 0 aliphatic carbocycles. The van der Waals surface area contributed by atoms with Crippen molar-refractivity contribution in [2.45, 2.75) is 18.8 Å². The van der Waals surface area contributed by atoms with Crippen LogP contribution >= 0.6 is 0 Å². The van der Waals surface area contributed by atoms with Gasteiger partial charge < -0.3 is 11.1 Å². The molecule has 0 aromatic heterocycles. The van der Waals surface area contributed by atoms with Crippen molar-refractivity contribution >= 4 is 15.9 Å². The molecule has 0 fully saturated rings. The molecule has 2 rings (SSSR count). The molecule has 4 N–H and O–H groups in total. The number of rotatable bonds is 7. The van der Waals surface area contributed by atoms with Crippen LogP contribution in [0.2, 0.25) is 0 Å². The zero-order valence-electron chi connectivity index (χ0n) is 13.5. The van der Waals surface area contributed by atoms with Gasteiger partial charge in [-0.05, 0) is 35.9 Å². The van der Waals surface area contributed by atoms with Crippen LogP contribution in [0.3, 0.4) is 0 Å². The topological polar surface area (TPSA) is 101 Å². The van der Waals surface area contributed by atoms with Gasteiger partial charge >= 0.3 is 0 Å². The summed E-state index contributed by atoms with van der Waals surface area (Å²) >= 11 is 0. The second-order valence-corrected chi connectivity index (χ2v) is 7.29. The van der Waals surface area contributed by atoms with Crippen molar-refractivity contribution < 1.29 is 13.2 Å². The van der Waals surface area contributed by atoms with Crippen LogP contribution in [0.15, 0.2) is 48.5 Å². The Bertz CT molecular complexity index is 802. The maximum absolute atomic E-state index is 12.1. The summed E-state index contributed by atoms with van der Waals surface area (Å²) in [5.74, 6) is -0.241. The molecule has 0 aliphatic rings. The van der Waals surface area contributed by atoms with E-state index in [1.165, 1.54) is 7.05 Å². The third kappa shape index (κ3) is 5.16. The van der Waals surface area contributed by atoms with Crippen LogP contribution in [0.4, 0.5) is 0 Å². The molecule has 0 aliphatic heterocycles. The molecule has 7 heteroatoms. The van der Waals surface area contributed by atoms with Crippen molar-refractivity contribution in [3.05, 3.63) is 70.8 Å². The van der Waals surface area contributed by atoms with Gasteiger partial charge in [-0.25, -0.2) is 13.1 Å². The smallest absolute Gasteiger partial charge is 0.251 e. The van der Waals surface area contributed by atoms with Crippen LogP contribution in [0.25, 0.3) is 0 Å². The zero-order chi connectivity index (χ0) is 17.6. The third-order valence-corrected chi connectivity index (χ3v) is 4.90. The van der Waals surface area contributed by atoms with E-state index in [4.69, 9.17) is 5.73 Å². The number of benzene rings is 2. The zero-order valence-corrected chi connectivity index (χ0v) is 14.3. The molecule has 6 nitrogen and oxygen atoms in total. The van der Waals surface area contributed by atoms with E-state index in [1.807, 2.05) is 6.07 Å². The molecule has 0 saturated heterocycles. The summed E-state index contributed by atoms with van der Waals surface area (Å²) in [7, 11) is -1.90. The van der Waals surface area contributed by atoms with Gasteiger partial charge in [-0.3, -0.25) is 4.79 Å². The van der Waals surface area contributed by atoms with E-state index in [2.05, 4.69) is 10.0 Å². The Labute approximate surface area is 142 Å². The number of nitrogens with two attached hydrogens (primary N) is 1. The number of carbonyl (C=O) groups is 1. The first kappa shape index (κ1) is 18.1. The fourth-order valence-corrected chi connectivity index (χ4v) is 2.94. The van der Waals surface area contributed by atoms with Gasteiger partial charge in [-0.1, -0.05) is 36.4 Å². The highest BCUT2D eigenvalue weighted by molar-refractivity contribution is 7.88. The summed E-state index contributed by atoms with van der Waals surface area (Å²) in [5.41, 5.74) is 8.62. The first-order valence-electron chi connectivity index (χ1n) is 7.50. The Morgan fingerprint density at radius 3 is 2.33 bits per heavy atom. The standard InChI is InChI=1S/C17H21N3O3S/c1-19-24(22,23)12-14-7-5-13(6-8-14)11-20-17(21)16-4-2-3-15(9-16)10-18/h2-9,19H,10-12,18H2,1H3,(H,20,21). The van der Waals surface area contributed by atoms with E-state index >= 15 is 0 Å². The number of carbonyl (C=O) groups excluding carboxylic acids is 1. The predicted octanol–water partition coefficient (Wildman–Crippen LogP) is 1.12. The molecule has 1 amide bonds. The maximum Gasteiger partial charge on any atom is 0.251 e. The van der Waals surface area contributed by atoms with Crippen molar-refractivity contribution in [2.24, 2.45) is 5.73 Å². The number of hydrogen-bond donors (Lipinski definition) is 3. The van der Waals surface area contributed by atoms with Crippen molar-refractivity contribution in [2.75, 3.05) is 7.05 Å². The quantitative estimate of drug-likeness (QED) is 0.699. The van der Waals surface area contributed by atoms with Gasteiger partial charge in [0.25, 0.3) is 5.91 Å². The van der Waals surface area contributed by atoms with Crippen molar-refractivity contribution in [3.63, 3.8) is 0 Å². The monoisotopic (exact) mass is 347 g/mol. The lowest BCUT2D eigenvalue weighted by molar-refractivity contribution is 0.0951. The molecule has 0 spiro atoms. The molecule has 0 radical (unpaired) electrons. The van der Waals surface area contributed by atoms with E-state index < -0.39 is 10.0 Å². The highest BCUT2D eigenvalue weighted by Crippen LogP contribution is 2.09. The third-order valence-electron chi connectivity index (χ3n) is 3.57. The number of sulfonamides is 1. The van der Waals surface area contributed by atoms with E-state index in [0.717, 1.165) is 11.1 Å². The van der Waals surface area contributed by atoms with Gasteiger partial charge in [0.2, 0.25) is 10.0 Å². The second-order valence-electron chi connectivity index (χ2n) is 5.37. The summed E-state index contributed by atoms with van der Waals surface area (Å²) in [6.45, 7) is 0.753. The molecule has 0 saturated carbocycles. The van der Waals surface area contributed by atoms with Crippen LogP contribution < -0.4 is 15.8 Å². The van der Waals surface area contributed by atoms with E-state index in [1.54, 1.807) is 42.5 Å². The molecular formula is C17H21N3O3S. The van der Waals surface area contributed by atoms with Gasteiger partial charge in [0.1, 0.15) is 0 Å². The largest absolute Gasteiger partial charge is 0.348 e. The Kier molecular flexibility index (Phi) is 6.08. The molecule has 2 aromatic rings. The normalized spacial score (nSPS) is 11.2. The van der Waals surface area contributed by atoms with Crippen LogP contribution in [-0.4, -0.2) is 21.4 Å². The summed E-state index contributed by atoms with van der Waals surface area (Å²) < 4.78 is 25.3. The van der Waals surface area contributed by atoms with E-state index in [0.29, 0.717) is 24.2 Å². The Morgan fingerprint density at radius 1 is 1.04 bits per heavy atom. The lowest BCUT2D eigenvalue weighted by Crippen LogP contribution is -2.23. The summed E-state index contributed by atoms with van der Waals surface area (Å²) in [4.78, 5) is 12.1. The second kappa shape index (κ2) is 8.05. The summed E-state index contributed by atoms with van der Waals surface area (Å²) in [6.07, 6.45) is 0. The van der Waals surface area contributed by atoms with Crippen molar-refractivity contribution in [3.8, 4) is 0 Å². The molecule has 128 valence electrons. The average Bonchev–Trinajstić information content (AvgIpc) is 2.60. The molecule has 24 heavy (non-hydrogen) atoms. The lowest BCUT2D eigenvalue weighted by atomic mass is 10.1. The Balaban J connectivity index is 1.95. The van der Waals surface area contributed by atoms with Gasteiger partial charge in [-0.15, -0.1) is 0 Å². The molecular weight excluding hydrogens is 326 g/mol. The predicted molar refractivity (Wildman–Crippen MR) is 93.6 cm³/mol. The van der Waals surface area contributed by atoms with Crippen LogP contribution in [0.5, 0.6) is 0 Å². The molecule has 0 bridgehead atoms. The van der Waals surface area contributed by atoms with Gasteiger partial charge in [0.05, 0.1) is 5.75 Å². The van der Waals surface area contributed by atoms with Crippen molar-refractivity contribution in [1.82, 2.24) is 10.0 Å². The minimum absolute atomic E-state index is 0.0674. The summed E-state index contributed by atoms with van der Waals surface area (Å²) in [5, 5.41) is 2.84. The van der Waals surface area contributed by atoms with Crippen LogP contribution in [-0.2, 0) is 28.9 Å². The van der Waals surface area contributed by atoms with E-state index in [-0.39, 0.29) is 11.7 Å². The fraction of sp³-hybridized carbons (Fsp3) is 0.235. The Morgan fingerprint density at radius 2 is 1.71 bits per heavy atom. The van der Waals surface area contributed by atoms with Gasteiger partial charge in [0, 0.05) is 18.7 Å². The number of hydrogen-bond acceptors (Lipinski definition) is 4. The molecule has 0 atom stereocenters. The maximum atomic E-state index is 12.1.